The van der Waals surface area contributed by atoms with Crippen LogP contribution in [0.15, 0.2) is 30.9 Å². The Morgan fingerprint density at radius 1 is 1.24 bits per heavy atom. The van der Waals surface area contributed by atoms with Crippen molar-refractivity contribution in [2.45, 2.75) is 32.2 Å². The first kappa shape index (κ1) is 18.0. The molecule has 25 heavy (non-hydrogen) atoms. The minimum Gasteiger partial charge on any atom is -0.258 e. The molecule has 0 aliphatic carbocycles. The summed E-state index contributed by atoms with van der Waals surface area (Å²) in [6, 6.07) is 5.72. The number of hydrogen-bond donors (Lipinski definition) is 0. The fourth-order valence-corrected chi connectivity index (χ4v) is 2.74. The fraction of sp³-hybridized carbons (Fsp3) is 0.400. The Labute approximate surface area is 143 Å². The normalized spacial score (nSPS) is 13.0. The van der Waals surface area contributed by atoms with Crippen molar-refractivity contribution in [3.8, 4) is 6.07 Å². The highest BCUT2D eigenvalue weighted by atomic mass is 16.6. The van der Waals surface area contributed by atoms with Crippen molar-refractivity contribution in [2.75, 3.05) is 0 Å². The van der Waals surface area contributed by atoms with Crippen molar-refractivity contribution in [1.29, 1.82) is 5.26 Å². The SMILES string of the molecule is CCCC(c1cc([N+](=O)[O-])cc([N+](=O)[O-])c1)C(C#N)Cn1cncn1. The highest BCUT2D eigenvalue weighted by Crippen LogP contribution is 2.35. The van der Waals surface area contributed by atoms with E-state index < -0.39 is 21.7 Å². The van der Waals surface area contributed by atoms with Gasteiger partial charge < -0.3 is 0 Å². The lowest BCUT2D eigenvalue weighted by atomic mass is 9.83. The number of nitriles is 1. The average Bonchev–Trinajstić information content (AvgIpc) is 3.10. The molecular formula is C15H16N6O4. The quantitative estimate of drug-likeness (QED) is 0.529. The molecule has 10 nitrogen and oxygen atoms in total. The summed E-state index contributed by atoms with van der Waals surface area (Å²) in [6.07, 6.45) is 4.10. The van der Waals surface area contributed by atoms with E-state index in [1.165, 1.54) is 29.5 Å². The van der Waals surface area contributed by atoms with Crippen molar-refractivity contribution in [3.63, 3.8) is 0 Å². The summed E-state index contributed by atoms with van der Waals surface area (Å²) in [5.41, 5.74) is -0.306. The molecule has 1 heterocycles. The maximum absolute atomic E-state index is 11.1. The Bertz CT molecular complexity index is 767. The summed E-state index contributed by atoms with van der Waals surface area (Å²) in [6.45, 7) is 2.17. The zero-order valence-electron chi connectivity index (χ0n) is 13.5. The molecular weight excluding hydrogens is 328 g/mol. The molecule has 0 fully saturated rings. The Hall–Kier alpha value is -3.35. The molecule has 0 aliphatic rings. The lowest BCUT2D eigenvalue weighted by molar-refractivity contribution is -0.394. The van der Waals surface area contributed by atoms with E-state index >= 15 is 0 Å². The summed E-state index contributed by atoms with van der Waals surface area (Å²) in [5.74, 6) is -0.943. The predicted molar refractivity (Wildman–Crippen MR) is 86.5 cm³/mol. The van der Waals surface area contributed by atoms with Crippen molar-refractivity contribution in [2.24, 2.45) is 5.92 Å². The lowest BCUT2D eigenvalue weighted by Gasteiger charge is -2.21. The van der Waals surface area contributed by atoms with Crippen molar-refractivity contribution in [1.82, 2.24) is 14.8 Å². The van der Waals surface area contributed by atoms with Gasteiger partial charge in [0.25, 0.3) is 11.4 Å². The van der Waals surface area contributed by atoms with Crippen LogP contribution in [0.5, 0.6) is 0 Å². The molecule has 2 atom stereocenters. The van der Waals surface area contributed by atoms with Gasteiger partial charge in [-0.15, -0.1) is 0 Å². The zero-order chi connectivity index (χ0) is 18.4. The van der Waals surface area contributed by atoms with E-state index in [1.54, 1.807) is 0 Å². The van der Waals surface area contributed by atoms with Crippen LogP contribution in [0.2, 0.25) is 0 Å². The minimum atomic E-state index is -0.668. The second kappa shape index (κ2) is 7.96. The minimum absolute atomic E-state index is 0.248. The number of rotatable bonds is 8. The summed E-state index contributed by atoms with van der Waals surface area (Å²) < 4.78 is 1.50. The van der Waals surface area contributed by atoms with Gasteiger partial charge in [0.1, 0.15) is 12.7 Å². The first-order valence-electron chi connectivity index (χ1n) is 7.62. The lowest BCUT2D eigenvalue weighted by Crippen LogP contribution is -2.18. The maximum atomic E-state index is 11.1. The standard InChI is InChI=1S/C15H16N6O4/c1-2-3-15(12(7-16)8-19-10-17-9-18-19)11-4-13(20(22)23)6-14(5-11)21(24)25/h4-6,9-10,12,15H,2-3,8H2,1H3. The maximum Gasteiger partial charge on any atom is 0.276 e. The van der Waals surface area contributed by atoms with Crippen LogP contribution >= 0.6 is 0 Å². The molecule has 2 unspecified atom stereocenters. The van der Waals surface area contributed by atoms with Crippen LogP contribution in [0.3, 0.4) is 0 Å². The number of nitro benzene ring substituents is 2. The molecule has 0 bridgehead atoms. The van der Waals surface area contributed by atoms with Gasteiger partial charge in [0.05, 0.1) is 34.4 Å². The number of non-ortho nitro benzene ring substituents is 2. The summed E-state index contributed by atoms with van der Waals surface area (Å²) in [4.78, 5) is 24.7. The number of nitro groups is 2. The van der Waals surface area contributed by atoms with Crippen LogP contribution in [-0.2, 0) is 6.54 Å². The van der Waals surface area contributed by atoms with Crippen LogP contribution in [-0.4, -0.2) is 24.6 Å². The highest BCUT2D eigenvalue weighted by Gasteiger charge is 2.27. The van der Waals surface area contributed by atoms with Gasteiger partial charge in [-0.25, -0.2) is 4.98 Å². The molecule has 0 radical (unpaired) electrons. The van der Waals surface area contributed by atoms with Crippen molar-refractivity contribution in [3.05, 3.63) is 56.6 Å². The van der Waals surface area contributed by atoms with Gasteiger partial charge in [-0.3, -0.25) is 24.9 Å². The Morgan fingerprint density at radius 3 is 2.32 bits per heavy atom. The molecule has 0 spiro atoms. The largest absolute Gasteiger partial charge is 0.276 e. The molecule has 1 aromatic carbocycles. The fourth-order valence-electron chi connectivity index (χ4n) is 2.74. The van der Waals surface area contributed by atoms with Gasteiger partial charge in [0.15, 0.2) is 0 Å². The van der Waals surface area contributed by atoms with E-state index in [0.717, 1.165) is 12.5 Å². The van der Waals surface area contributed by atoms with Crippen molar-refractivity contribution >= 4 is 11.4 Å². The molecule has 1 aromatic heterocycles. The van der Waals surface area contributed by atoms with Gasteiger partial charge in [0.2, 0.25) is 0 Å². The van der Waals surface area contributed by atoms with Crippen LogP contribution < -0.4 is 0 Å². The summed E-state index contributed by atoms with van der Waals surface area (Å²) >= 11 is 0. The zero-order valence-corrected chi connectivity index (χ0v) is 13.5. The third-order valence-corrected chi connectivity index (χ3v) is 3.88. The summed E-state index contributed by atoms with van der Waals surface area (Å²) in [5, 5.41) is 35.7. The molecule has 2 aromatic rings. The number of nitrogens with zero attached hydrogens (tertiary/aromatic N) is 6. The summed E-state index contributed by atoms with van der Waals surface area (Å²) in [7, 11) is 0. The van der Waals surface area contributed by atoms with Crippen molar-refractivity contribution < 1.29 is 9.85 Å². The first-order chi connectivity index (χ1) is 12.0. The molecule has 0 saturated heterocycles. The monoisotopic (exact) mass is 344 g/mol. The van der Waals surface area contributed by atoms with Gasteiger partial charge in [-0.05, 0) is 12.0 Å². The smallest absolute Gasteiger partial charge is 0.258 e. The van der Waals surface area contributed by atoms with Gasteiger partial charge >= 0.3 is 0 Å². The van der Waals surface area contributed by atoms with Crippen LogP contribution in [0.25, 0.3) is 0 Å². The van der Waals surface area contributed by atoms with Crippen LogP contribution in [0, 0.1) is 37.5 Å². The van der Waals surface area contributed by atoms with E-state index in [0.29, 0.717) is 12.0 Å². The van der Waals surface area contributed by atoms with E-state index in [2.05, 4.69) is 16.2 Å². The average molecular weight is 344 g/mol. The molecule has 0 amide bonds. The molecule has 0 saturated carbocycles. The van der Waals surface area contributed by atoms with Crippen LogP contribution in [0.1, 0.15) is 31.2 Å². The third-order valence-electron chi connectivity index (χ3n) is 3.88. The first-order valence-corrected chi connectivity index (χ1v) is 7.62. The highest BCUT2D eigenvalue weighted by molar-refractivity contribution is 5.48. The Kier molecular flexibility index (Phi) is 5.73. The molecule has 10 heteroatoms. The third kappa shape index (κ3) is 4.35. The molecule has 0 N–H and O–H groups in total. The van der Waals surface area contributed by atoms with Crippen LogP contribution in [0.4, 0.5) is 11.4 Å². The van der Waals surface area contributed by atoms with E-state index in [9.17, 15) is 25.5 Å². The number of benzene rings is 1. The van der Waals surface area contributed by atoms with E-state index in [1.807, 2.05) is 6.92 Å². The second-order valence-corrected chi connectivity index (χ2v) is 5.55. The molecule has 2 rings (SSSR count). The topological polar surface area (TPSA) is 141 Å². The Balaban J connectivity index is 2.45. The molecule has 0 aliphatic heterocycles. The van der Waals surface area contributed by atoms with Gasteiger partial charge in [0, 0.05) is 18.1 Å². The Morgan fingerprint density at radius 2 is 1.88 bits per heavy atom. The second-order valence-electron chi connectivity index (χ2n) is 5.55. The number of aromatic nitrogens is 3. The van der Waals surface area contributed by atoms with E-state index in [-0.39, 0.29) is 17.9 Å². The molecule has 130 valence electrons. The predicted octanol–water partition coefficient (Wildman–Crippen LogP) is 2.82. The van der Waals surface area contributed by atoms with Gasteiger partial charge in [-0.2, -0.15) is 10.4 Å². The number of hydrogen-bond acceptors (Lipinski definition) is 7. The van der Waals surface area contributed by atoms with Gasteiger partial charge in [-0.1, -0.05) is 13.3 Å². The van der Waals surface area contributed by atoms with E-state index in [4.69, 9.17) is 0 Å².